The summed E-state index contributed by atoms with van der Waals surface area (Å²) in [6, 6.07) is 2.63. The van der Waals surface area contributed by atoms with E-state index in [2.05, 4.69) is 0 Å². The van der Waals surface area contributed by atoms with Crippen molar-refractivity contribution in [1.29, 1.82) is 0 Å². The number of aldehydes is 1. The zero-order chi connectivity index (χ0) is 10.1. The van der Waals surface area contributed by atoms with Gasteiger partial charge in [0.05, 0.1) is 5.25 Å². The van der Waals surface area contributed by atoms with Crippen LogP contribution < -0.4 is 0 Å². The van der Waals surface area contributed by atoms with E-state index in [0.717, 1.165) is 0 Å². The first-order valence-corrected chi connectivity index (χ1v) is 5.32. The molecule has 1 aromatic rings. The number of furan rings is 1. The lowest BCUT2D eigenvalue weighted by Crippen LogP contribution is -2.12. The Bertz CT molecular complexity index is 400. The van der Waals surface area contributed by atoms with Gasteiger partial charge in [0.1, 0.15) is 0 Å². The molecular formula is C8H10O4S. The SMILES string of the molecule is CC(C)S(=O)(=O)c1ccc(C=O)o1. The summed E-state index contributed by atoms with van der Waals surface area (Å²) in [6.45, 7) is 3.11. The zero-order valence-corrected chi connectivity index (χ0v) is 8.17. The lowest BCUT2D eigenvalue weighted by Gasteiger charge is -2.02. The summed E-state index contributed by atoms with van der Waals surface area (Å²) < 4.78 is 27.7. The highest BCUT2D eigenvalue weighted by molar-refractivity contribution is 7.91. The maximum atomic E-state index is 11.5. The largest absolute Gasteiger partial charge is 0.442 e. The third-order valence-corrected chi connectivity index (χ3v) is 3.64. The average Bonchev–Trinajstić information content (AvgIpc) is 2.51. The molecule has 0 N–H and O–H groups in total. The molecule has 0 unspecified atom stereocenters. The summed E-state index contributed by atoms with van der Waals surface area (Å²) in [6.07, 6.45) is 0.472. The molecule has 72 valence electrons. The van der Waals surface area contributed by atoms with E-state index in [0.29, 0.717) is 6.29 Å². The molecule has 0 aliphatic heterocycles. The summed E-state index contributed by atoms with van der Waals surface area (Å²) in [5.41, 5.74) is 0. The molecule has 0 saturated carbocycles. The Balaban J connectivity index is 3.16. The second-order valence-electron chi connectivity index (χ2n) is 2.87. The fraction of sp³-hybridized carbons (Fsp3) is 0.375. The van der Waals surface area contributed by atoms with Gasteiger partial charge in [-0.25, -0.2) is 8.42 Å². The van der Waals surface area contributed by atoms with Crippen LogP contribution in [0, 0.1) is 0 Å². The summed E-state index contributed by atoms with van der Waals surface area (Å²) in [5.74, 6) is 0.0271. The Kier molecular flexibility index (Phi) is 2.56. The monoisotopic (exact) mass is 202 g/mol. The molecule has 1 heterocycles. The van der Waals surface area contributed by atoms with E-state index in [1.54, 1.807) is 13.8 Å². The quantitative estimate of drug-likeness (QED) is 0.692. The highest BCUT2D eigenvalue weighted by Crippen LogP contribution is 2.17. The van der Waals surface area contributed by atoms with Crippen LogP contribution in [0.3, 0.4) is 0 Å². The lowest BCUT2D eigenvalue weighted by atomic mass is 10.5. The molecule has 0 aliphatic carbocycles. The maximum Gasteiger partial charge on any atom is 0.219 e. The smallest absolute Gasteiger partial charge is 0.219 e. The Labute approximate surface area is 76.5 Å². The summed E-state index contributed by atoms with van der Waals surface area (Å²) >= 11 is 0. The number of hydrogen-bond acceptors (Lipinski definition) is 4. The molecule has 13 heavy (non-hydrogen) atoms. The van der Waals surface area contributed by atoms with Crippen LogP contribution >= 0.6 is 0 Å². The van der Waals surface area contributed by atoms with Crippen LogP contribution in [0.4, 0.5) is 0 Å². The number of hydrogen-bond donors (Lipinski definition) is 0. The predicted octanol–water partition coefficient (Wildman–Crippen LogP) is 1.27. The van der Waals surface area contributed by atoms with Gasteiger partial charge in [-0.1, -0.05) is 0 Å². The number of sulfone groups is 1. The van der Waals surface area contributed by atoms with Gasteiger partial charge >= 0.3 is 0 Å². The molecule has 0 atom stereocenters. The third kappa shape index (κ3) is 1.80. The van der Waals surface area contributed by atoms with Crippen molar-refractivity contribution in [2.75, 3.05) is 0 Å². The molecule has 0 saturated heterocycles. The summed E-state index contributed by atoms with van der Waals surface area (Å²) in [7, 11) is -3.39. The number of rotatable bonds is 3. The highest BCUT2D eigenvalue weighted by atomic mass is 32.2. The van der Waals surface area contributed by atoms with Crippen molar-refractivity contribution in [3.05, 3.63) is 17.9 Å². The fourth-order valence-corrected chi connectivity index (χ4v) is 1.72. The van der Waals surface area contributed by atoms with Gasteiger partial charge in [-0.05, 0) is 26.0 Å². The van der Waals surface area contributed by atoms with E-state index in [1.807, 2.05) is 0 Å². The highest BCUT2D eigenvalue weighted by Gasteiger charge is 2.22. The maximum absolute atomic E-state index is 11.5. The van der Waals surface area contributed by atoms with Crippen molar-refractivity contribution in [2.45, 2.75) is 24.2 Å². The van der Waals surface area contributed by atoms with Gasteiger partial charge in [0.15, 0.2) is 12.0 Å². The van der Waals surface area contributed by atoms with Crippen LogP contribution in [0.5, 0.6) is 0 Å². The molecule has 0 bridgehead atoms. The van der Waals surface area contributed by atoms with E-state index in [4.69, 9.17) is 4.42 Å². The van der Waals surface area contributed by atoms with Crippen LogP contribution in [0.1, 0.15) is 24.4 Å². The van der Waals surface area contributed by atoms with Gasteiger partial charge < -0.3 is 4.42 Å². The molecule has 0 fully saturated rings. The Morgan fingerprint density at radius 3 is 2.38 bits per heavy atom. The molecule has 1 rings (SSSR count). The predicted molar refractivity (Wildman–Crippen MR) is 46.4 cm³/mol. The van der Waals surface area contributed by atoms with Gasteiger partial charge in [0.25, 0.3) is 0 Å². The van der Waals surface area contributed by atoms with Crippen LogP contribution in [0.15, 0.2) is 21.6 Å². The summed E-state index contributed by atoms with van der Waals surface area (Å²) in [4.78, 5) is 10.2. The molecule has 4 nitrogen and oxygen atoms in total. The molecule has 0 aromatic carbocycles. The third-order valence-electron chi connectivity index (χ3n) is 1.62. The summed E-state index contributed by atoms with van der Waals surface area (Å²) in [5, 5.41) is -0.692. The van der Waals surface area contributed by atoms with Crippen molar-refractivity contribution < 1.29 is 17.6 Å². The van der Waals surface area contributed by atoms with Crippen LogP contribution in [-0.4, -0.2) is 20.0 Å². The number of carbonyl (C=O) groups excluding carboxylic acids is 1. The van der Waals surface area contributed by atoms with Gasteiger partial charge in [-0.2, -0.15) is 0 Å². The Hall–Kier alpha value is -1.10. The molecular weight excluding hydrogens is 192 g/mol. The van der Waals surface area contributed by atoms with Crippen LogP contribution in [-0.2, 0) is 9.84 Å². The first-order chi connectivity index (χ1) is 5.98. The van der Waals surface area contributed by atoms with Crippen molar-refractivity contribution >= 4 is 16.1 Å². The number of carbonyl (C=O) groups is 1. The molecule has 0 spiro atoms. The molecule has 0 amide bonds. The van der Waals surface area contributed by atoms with E-state index in [-0.39, 0.29) is 10.9 Å². The van der Waals surface area contributed by atoms with Gasteiger partial charge in [-0.3, -0.25) is 4.79 Å². The van der Waals surface area contributed by atoms with Gasteiger partial charge in [0, 0.05) is 0 Å². The fourth-order valence-electron chi connectivity index (χ4n) is 0.783. The zero-order valence-electron chi connectivity index (χ0n) is 7.35. The average molecular weight is 202 g/mol. The van der Waals surface area contributed by atoms with Crippen molar-refractivity contribution in [2.24, 2.45) is 0 Å². The van der Waals surface area contributed by atoms with E-state index in [9.17, 15) is 13.2 Å². The minimum Gasteiger partial charge on any atom is -0.442 e. The van der Waals surface area contributed by atoms with E-state index < -0.39 is 15.1 Å². The Morgan fingerprint density at radius 1 is 1.38 bits per heavy atom. The molecule has 5 heteroatoms. The minimum absolute atomic E-state index is 0.0271. The van der Waals surface area contributed by atoms with E-state index in [1.165, 1.54) is 12.1 Å². The van der Waals surface area contributed by atoms with Crippen molar-refractivity contribution in [1.82, 2.24) is 0 Å². The minimum atomic E-state index is -3.39. The van der Waals surface area contributed by atoms with Crippen molar-refractivity contribution in [3.8, 4) is 0 Å². The molecule has 0 aliphatic rings. The van der Waals surface area contributed by atoms with Crippen LogP contribution in [0.25, 0.3) is 0 Å². The Morgan fingerprint density at radius 2 is 2.00 bits per heavy atom. The molecule has 0 radical (unpaired) electrons. The van der Waals surface area contributed by atoms with Crippen LogP contribution in [0.2, 0.25) is 0 Å². The first-order valence-electron chi connectivity index (χ1n) is 3.77. The standard InChI is InChI=1S/C8H10O4S/c1-6(2)13(10,11)8-4-3-7(5-9)12-8/h3-6H,1-2H3. The lowest BCUT2D eigenvalue weighted by molar-refractivity contribution is 0.109. The second kappa shape index (κ2) is 3.33. The van der Waals surface area contributed by atoms with Gasteiger partial charge in [-0.15, -0.1) is 0 Å². The normalized spacial score (nSPS) is 11.9. The molecule has 1 aromatic heterocycles. The van der Waals surface area contributed by atoms with E-state index >= 15 is 0 Å². The first kappa shape index (κ1) is 9.98. The van der Waals surface area contributed by atoms with Crippen molar-refractivity contribution in [3.63, 3.8) is 0 Å². The van der Waals surface area contributed by atoms with Gasteiger partial charge in [0.2, 0.25) is 14.9 Å². The second-order valence-corrected chi connectivity index (χ2v) is 5.30. The topological polar surface area (TPSA) is 64.3 Å².